The van der Waals surface area contributed by atoms with Crippen LogP contribution in [0.15, 0.2) is 82.1 Å². The van der Waals surface area contributed by atoms with Gasteiger partial charge in [-0.05, 0) is 49.4 Å². The Labute approximate surface area is 187 Å². The summed E-state index contributed by atoms with van der Waals surface area (Å²) in [6.07, 6.45) is 0. The third kappa shape index (κ3) is 3.52. The van der Waals surface area contributed by atoms with Crippen molar-refractivity contribution in [1.82, 2.24) is 19.9 Å². The summed E-state index contributed by atoms with van der Waals surface area (Å²) in [5.41, 5.74) is 1.39. The lowest BCUT2D eigenvalue weighted by Crippen LogP contribution is -2.22. The summed E-state index contributed by atoms with van der Waals surface area (Å²) in [4.78, 5) is 17.7. The van der Waals surface area contributed by atoms with E-state index < -0.39 is 0 Å². The first kappa shape index (κ1) is 20.0. The van der Waals surface area contributed by atoms with Crippen LogP contribution in [0.4, 0.5) is 0 Å². The largest absolute Gasteiger partial charge is 0.494 e. The lowest BCUT2D eigenvalue weighted by molar-refractivity contribution is 0.340. The lowest BCUT2D eigenvalue weighted by Gasteiger charge is -2.10. The van der Waals surface area contributed by atoms with E-state index in [1.165, 1.54) is 4.68 Å². The molecule has 0 bridgehead atoms. The molecule has 0 unspecified atom stereocenters. The number of hydrogen-bond acceptors (Lipinski definition) is 6. The molecule has 3 aromatic carbocycles. The van der Waals surface area contributed by atoms with E-state index in [0.29, 0.717) is 50.9 Å². The molecule has 0 aliphatic rings. The molecule has 0 saturated carbocycles. The van der Waals surface area contributed by atoms with Gasteiger partial charge >= 0.3 is 0 Å². The maximum Gasteiger partial charge on any atom is 0.279 e. The van der Waals surface area contributed by atoms with Crippen molar-refractivity contribution in [3.05, 3.63) is 88.2 Å². The number of rotatable bonds is 5. The second kappa shape index (κ2) is 8.28. The van der Waals surface area contributed by atoms with Crippen LogP contribution in [0.2, 0.25) is 5.02 Å². The SMILES string of the molecule is CCOc1ccc(-n2nc(-c3nc(-c4ccccc4Cl)no3)c3ccccc3c2=O)cc1. The van der Waals surface area contributed by atoms with E-state index in [-0.39, 0.29) is 11.4 Å². The molecule has 32 heavy (non-hydrogen) atoms. The Hall–Kier alpha value is -3.97. The lowest BCUT2D eigenvalue weighted by atomic mass is 10.1. The van der Waals surface area contributed by atoms with Crippen LogP contribution in [0.1, 0.15) is 6.92 Å². The van der Waals surface area contributed by atoms with Gasteiger partial charge in [0.15, 0.2) is 5.69 Å². The maximum atomic E-state index is 13.2. The first-order chi connectivity index (χ1) is 15.7. The van der Waals surface area contributed by atoms with Crippen molar-refractivity contribution in [3.8, 4) is 34.4 Å². The number of fused-ring (bicyclic) bond motifs is 1. The number of halogens is 1. The van der Waals surface area contributed by atoms with Crippen molar-refractivity contribution in [1.29, 1.82) is 0 Å². The van der Waals surface area contributed by atoms with Gasteiger partial charge in [0.1, 0.15) is 5.75 Å². The molecule has 0 atom stereocenters. The van der Waals surface area contributed by atoms with Crippen molar-refractivity contribution < 1.29 is 9.26 Å². The van der Waals surface area contributed by atoms with Crippen molar-refractivity contribution in [2.45, 2.75) is 6.92 Å². The summed E-state index contributed by atoms with van der Waals surface area (Å²) in [6.45, 7) is 2.47. The third-order valence-electron chi connectivity index (χ3n) is 4.94. The smallest absolute Gasteiger partial charge is 0.279 e. The van der Waals surface area contributed by atoms with E-state index in [4.69, 9.17) is 20.9 Å². The van der Waals surface area contributed by atoms with Gasteiger partial charge in [-0.3, -0.25) is 4.79 Å². The molecule has 2 aromatic heterocycles. The Balaban J connectivity index is 1.68. The predicted octanol–water partition coefficient (Wildman–Crippen LogP) is 5.15. The highest BCUT2D eigenvalue weighted by atomic mass is 35.5. The van der Waals surface area contributed by atoms with E-state index in [1.54, 1.807) is 48.5 Å². The van der Waals surface area contributed by atoms with Gasteiger partial charge in [-0.25, -0.2) is 0 Å². The topological polar surface area (TPSA) is 83.0 Å². The molecule has 0 radical (unpaired) electrons. The van der Waals surface area contributed by atoms with E-state index in [9.17, 15) is 4.79 Å². The molecule has 0 aliphatic heterocycles. The second-order valence-corrected chi connectivity index (χ2v) is 7.35. The molecule has 0 fully saturated rings. The van der Waals surface area contributed by atoms with Gasteiger partial charge in [-0.15, -0.1) is 0 Å². The summed E-state index contributed by atoms with van der Waals surface area (Å²) >= 11 is 6.28. The highest BCUT2D eigenvalue weighted by Crippen LogP contribution is 2.29. The molecule has 0 spiro atoms. The second-order valence-electron chi connectivity index (χ2n) is 6.94. The summed E-state index contributed by atoms with van der Waals surface area (Å²) in [6, 6.07) is 21.6. The molecule has 8 heteroatoms. The van der Waals surface area contributed by atoms with Crippen LogP contribution in [0.25, 0.3) is 39.4 Å². The molecule has 5 aromatic rings. The Morgan fingerprint density at radius 3 is 2.44 bits per heavy atom. The predicted molar refractivity (Wildman–Crippen MR) is 122 cm³/mol. The fourth-order valence-corrected chi connectivity index (χ4v) is 3.66. The summed E-state index contributed by atoms with van der Waals surface area (Å²) < 4.78 is 12.4. The standard InChI is InChI=1S/C24H17ClN4O3/c1-2-31-16-13-11-15(12-14-16)29-24(30)18-8-4-3-7-17(18)21(27-29)23-26-22(28-32-23)19-9-5-6-10-20(19)25/h3-14H,2H2,1H3. The molecular formula is C24H17ClN4O3. The Kier molecular flexibility index (Phi) is 5.17. The van der Waals surface area contributed by atoms with Crippen molar-refractivity contribution >= 4 is 22.4 Å². The normalized spacial score (nSPS) is 11.1. The van der Waals surface area contributed by atoms with Gasteiger partial charge in [-0.2, -0.15) is 14.8 Å². The van der Waals surface area contributed by atoms with Crippen LogP contribution < -0.4 is 10.3 Å². The van der Waals surface area contributed by atoms with E-state index in [1.807, 2.05) is 31.2 Å². The van der Waals surface area contributed by atoms with Gasteiger partial charge in [0.25, 0.3) is 11.4 Å². The average Bonchev–Trinajstić information content (AvgIpc) is 3.30. The Morgan fingerprint density at radius 1 is 0.969 bits per heavy atom. The summed E-state index contributed by atoms with van der Waals surface area (Å²) in [7, 11) is 0. The molecule has 5 rings (SSSR count). The van der Waals surface area contributed by atoms with E-state index in [0.717, 1.165) is 0 Å². The fourth-order valence-electron chi connectivity index (χ4n) is 3.44. The summed E-state index contributed by atoms with van der Waals surface area (Å²) in [5.74, 6) is 1.25. The van der Waals surface area contributed by atoms with E-state index >= 15 is 0 Å². The van der Waals surface area contributed by atoms with Crippen LogP contribution in [-0.2, 0) is 0 Å². The molecular weight excluding hydrogens is 428 g/mol. The monoisotopic (exact) mass is 444 g/mol. The minimum Gasteiger partial charge on any atom is -0.494 e. The van der Waals surface area contributed by atoms with E-state index in [2.05, 4.69) is 15.2 Å². The zero-order chi connectivity index (χ0) is 22.1. The third-order valence-corrected chi connectivity index (χ3v) is 5.27. The molecule has 7 nitrogen and oxygen atoms in total. The van der Waals surface area contributed by atoms with Crippen LogP contribution in [0, 0.1) is 0 Å². The van der Waals surface area contributed by atoms with Gasteiger partial charge in [0.05, 0.1) is 22.7 Å². The average molecular weight is 445 g/mol. The number of ether oxygens (including phenoxy) is 1. The molecule has 0 N–H and O–H groups in total. The number of nitrogens with zero attached hydrogens (tertiary/aromatic N) is 4. The minimum absolute atomic E-state index is 0.191. The highest BCUT2D eigenvalue weighted by molar-refractivity contribution is 6.33. The van der Waals surface area contributed by atoms with Crippen molar-refractivity contribution in [3.63, 3.8) is 0 Å². The molecule has 0 aliphatic carbocycles. The summed E-state index contributed by atoms with van der Waals surface area (Å²) in [5, 5.41) is 10.3. The Morgan fingerprint density at radius 2 is 1.69 bits per heavy atom. The number of benzene rings is 3. The van der Waals surface area contributed by atoms with Crippen LogP contribution in [-0.4, -0.2) is 26.5 Å². The van der Waals surface area contributed by atoms with Crippen molar-refractivity contribution in [2.24, 2.45) is 0 Å². The zero-order valence-electron chi connectivity index (χ0n) is 17.0. The molecule has 0 amide bonds. The first-order valence-electron chi connectivity index (χ1n) is 10.00. The van der Waals surface area contributed by atoms with Crippen LogP contribution in [0.3, 0.4) is 0 Å². The number of hydrogen-bond donors (Lipinski definition) is 0. The maximum absolute atomic E-state index is 13.2. The van der Waals surface area contributed by atoms with Crippen LogP contribution in [0.5, 0.6) is 5.75 Å². The fraction of sp³-hybridized carbons (Fsp3) is 0.0833. The van der Waals surface area contributed by atoms with Crippen LogP contribution >= 0.6 is 11.6 Å². The highest BCUT2D eigenvalue weighted by Gasteiger charge is 2.19. The van der Waals surface area contributed by atoms with Gasteiger partial charge in [-0.1, -0.05) is 47.1 Å². The first-order valence-corrected chi connectivity index (χ1v) is 10.4. The Bertz CT molecular complexity index is 1480. The minimum atomic E-state index is -0.251. The zero-order valence-corrected chi connectivity index (χ0v) is 17.8. The van der Waals surface area contributed by atoms with Gasteiger partial charge < -0.3 is 9.26 Å². The number of aromatic nitrogens is 4. The molecule has 2 heterocycles. The quantitative estimate of drug-likeness (QED) is 0.372. The van der Waals surface area contributed by atoms with Gasteiger partial charge in [0.2, 0.25) is 5.82 Å². The molecule has 0 saturated heterocycles. The molecule has 158 valence electrons. The van der Waals surface area contributed by atoms with Crippen molar-refractivity contribution in [2.75, 3.05) is 6.61 Å². The van der Waals surface area contributed by atoms with Gasteiger partial charge in [0, 0.05) is 10.9 Å².